The summed E-state index contributed by atoms with van der Waals surface area (Å²) in [6, 6.07) is 6.06. The number of nitrogens with zero attached hydrogens (tertiary/aromatic N) is 1. The van der Waals surface area contributed by atoms with Gasteiger partial charge in [0.25, 0.3) is 0 Å². The van der Waals surface area contributed by atoms with Gasteiger partial charge >= 0.3 is 6.18 Å². The number of carbonyl (C=O) groups excluding carboxylic acids is 1. The van der Waals surface area contributed by atoms with Crippen molar-refractivity contribution >= 4 is 21.6 Å². The fourth-order valence-electron chi connectivity index (χ4n) is 2.88. The number of aryl methyl sites for hydroxylation is 3. The summed E-state index contributed by atoms with van der Waals surface area (Å²) in [5.41, 5.74) is 2.42. The summed E-state index contributed by atoms with van der Waals surface area (Å²) in [5, 5.41) is 2.48. The summed E-state index contributed by atoms with van der Waals surface area (Å²) in [6.45, 7) is 3.69. The lowest BCUT2D eigenvalue weighted by Gasteiger charge is -2.13. The predicted octanol–water partition coefficient (Wildman–Crippen LogP) is 3.26. The van der Waals surface area contributed by atoms with Crippen molar-refractivity contribution in [3.63, 3.8) is 0 Å². The van der Waals surface area contributed by atoms with Gasteiger partial charge in [0.2, 0.25) is 21.8 Å². The highest BCUT2D eigenvalue weighted by molar-refractivity contribution is 7.89. The number of carbonyl (C=O) groups is 1. The largest absolute Gasteiger partial charge is 0.468 e. The molecular weight excluding hydrogens is 423 g/mol. The number of aromatic nitrogens is 1. The number of nitrogens with one attached hydrogen (secondary N) is 2. The van der Waals surface area contributed by atoms with Gasteiger partial charge in [0, 0.05) is 19.0 Å². The molecule has 0 saturated carbocycles. The Hall–Kier alpha value is -2.66. The highest BCUT2D eigenvalue weighted by atomic mass is 32.2. The minimum absolute atomic E-state index is 0.124. The molecular formula is C19H22F3N3O4S. The third kappa shape index (κ3) is 6.99. The zero-order valence-electron chi connectivity index (χ0n) is 16.6. The monoisotopic (exact) mass is 445 g/mol. The molecule has 0 radical (unpaired) electrons. The van der Waals surface area contributed by atoms with Crippen molar-refractivity contribution in [2.24, 2.45) is 0 Å². The second-order valence-electron chi connectivity index (χ2n) is 6.71. The lowest BCUT2D eigenvalue weighted by atomic mass is 10.1. The second-order valence-corrected chi connectivity index (χ2v) is 8.42. The smallest absolute Gasteiger partial charge is 0.422 e. The standard InChI is InChI=1S/C19H22F3N3O4S/c1-12-8-13(2)18(14(3)9-12)30(27,28)24-7-6-16(26)25-15-4-5-17(23-10-15)29-11-19(20,21)22/h4-5,8-10,24H,6-7,11H2,1-3H3,(H,25,26). The molecule has 164 valence electrons. The maximum absolute atomic E-state index is 12.5. The number of pyridine rings is 1. The van der Waals surface area contributed by atoms with Crippen molar-refractivity contribution in [1.29, 1.82) is 0 Å². The fourth-order valence-corrected chi connectivity index (χ4v) is 4.36. The number of benzene rings is 1. The van der Waals surface area contributed by atoms with Crippen molar-refractivity contribution in [3.8, 4) is 5.88 Å². The molecule has 2 aromatic rings. The molecule has 0 aliphatic rings. The minimum Gasteiger partial charge on any atom is -0.468 e. The molecule has 0 atom stereocenters. The summed E-state index contributed by atoms with van der Waals surface area (Å²) in [7, 11) is -3.78. The van der Waals surface area contributed by atoms with E-state index in [1.165, 1.54) is 12.1 Å². The molecule has 30 heavy (non-hydrogen) atoms. The summed E-state index contributed by atoms with van der Waals surface area (Å²) in [6.07, 6.45) is -3.47. The van der Waals surface area contributed by atoms with Gasteiger partial charge in [-0.05, 0) is 38.0 Å². The normalized spacial score (nSPS) is 11.9. The molecule has 0 bridgehead atoms. The van der Waals surface area contributed by atoms with Gasteiger partial charge in [0.15, 0.2) is 6.61 Å². The van der Waals surface area contributed by atoms with E-state index in [9.17, 15) is 26.4 Å². The minimum atomic E-state index is -4.47. The van der Waals surface area contributed by atoms with Crippen molar-refractivity contribution in [1.82, 2.24) is 9.71 Å². The van der Waals surface area contributed by atoms with Crippen LogP contribution in [0, 0.1) is 20.8 Å². The van der Waals surface area contributed by atoms with Crippen molar-refractivity contribution in [2.45, 2.75) is 38.3 Å². The highest BCUT2D eigenvalue weighted by Gasteiger charge is 2.28. The van der Waals surface area contributed by atoms with E-state index in [1.54, 1.807) is 26.0 Å². The van der Waals surface area contributed by atoms with E-state index in [0.717, 1.165) is 11.8 Å². The van der Waals surface area contributed by atoms with Gasteiger partial charge in [0.1, 0.15) is 0 Å². The Labute approximate surface area is 172 Å². The lowest BCUT2D eigenvalue weighted by Crippen LogP contribution is -2.29. The first-order valence-corrected chi connectivity index (χ1v) is 10.4. The van der Waals surface area contributed by atoms with E-state index in [0.29, 0.717) is 11.1 Å². The van der Waals surface area contributed by atoms with Gasteiger partial charge in [-0.25, -0.2) is 18.1 Å². The average molecular weight is 445 g/mol. The second kappa shape index (κ2) is 9.43. The van der Waals surface area contributed by atoms with Gasteiger partial charge in [-0.3, -0.25) is 4.79 Å². The first kappa shape index (κ1) is 23.6. The Bertz CT molecular complexity index is 984. The maximum atomic E-state index is 12.5. The van der Waals surface area contributed by atoms with Crippen LogP contribution in [0.15, 0.2) is 35.4 Å². The number of sulfonamides is 1. The maximum Gasteiger partial charge on any atom is 0.422 e. The lowest BCUT2D eigenvalue weighted by molar-refractivity contribution is -0.154. The summed E-state index contributed by atoms with van der Waals surface area (Å²) < 4.78 is 68.3. The molecule has 0 fully saturated rings. The average Bonchev–Trinajstić information content (AvgIpc) is 2.59. The molecule has 7 nitrogen and oxygen atoms in total. The first-order valence-electron chi connectivity index (χ1n) is 8.90. The van der Waals surface area contributed by atoms with E-state index in [2.05, 4.69) is 19.8 Å². The predicted molar refractivity (Wildman–Crippen MR) is 105 cm³/mol. The zero-order valence-corrected chi connectivity index (χ0v) is 17.4. The Kier molecular flexibility index (Phi) is 7.43. The molecule has 0 unspecified atom stereocenters. The van der Waals surface area contributed by atoms with Gasteiger partial charge < -0.3 is 10.1 Å². The number of ether oxygens (including phenoxy) is 1. The molecule has 1 aromatic heterocycles. The third-order valence-corrected chi connectivity index (χ3v) is 5.69. The SMILES string of the molecule is Cc1cc(C)c(S(=O)(=O)NCCC(=O)Nc2ccc(OCC(F)(F)F)nc2)c(C)c1. The highest BCUT2D eigenvalue weighted by Crippen LogP contribution is 2.21. The van der Waals surface area contributed by atoms with E-state index in [4.69, 9.17) is 0 Å². The van der Waals surface area contributed by atoms with Gasteiger partial charge in [-0.1, -0.05) is 17.7 Å². The summed E-state index contributed by atoms with van der Waals surface area (Å²) >= 11 is 0. The molecule has 0 saturated heterocycles. The van der Waals surface area contributed by atoms with Crippen LogP contribution in [0.4, 0.5) is 18.9 Å². The van der Waals surface area contributed by atoms with Crippen LogP contribution < -0.4 is 14.8 Å². The van der Waals surface area contributed by atoms with Crippen molar-refractivity contribution < 1.29 is 31.1 Å². The number of halogens is 3. The molecule has 1 amide bonds. The Morgan fingerprint density at radius 2 is 1.77 bits per heavy atom. The Balaban J connectivity index is 1.88. The fraction of sp³-hybridized carbons (Fsp3) is 0.368. The topological polar surface area (TPSA) is 97.4 Å². The van der Waals surface area contributed by atoms with Crippen LogP contribution in [-0.2, 0) is 14.8 Å². The van der Waals surface area contributed by atoms with Crippen LogP contribution in [0.3, 0.4) is 0 Å². The molecule has 1 heterocycles. The molecule has 11 heteroatoms. The molecule has 0 spiro atoms. The Morgan fingerprint density at radius 1 is 1.13 bits per heavy atom. The number of amides is 1. The van der Waals surface area contributed by atoms with Crippen LogP contribution in [0.1, 0.15) is 23.1 Å². The van der Waals surface area contributed by atoms with E-state index in [-0.39, 0.29) is 29.4 Å². The molecule has 2 N–H and O–H groups in total. The van der Waals surface area contributed by atoms with E-state index in [1.807, 2.05) is 6.92 Å². The van der Waals surface area contributed by atoms with Gasteiger partial charge in [-0.2, -0.15) is 13.2 Å². The van der Waals surface area contributed by atoms with Gasteiger partial charge in [-0.15, -0.1) is 0 Å². The van der Waals surface area contributed by atoms with E-state index >= 15 is 0 Å². The number of alkyl halides is 3. The quantitative estimate of drug-likeness (QED) is 0.650. The van der Waals surface area contributed by atoms with Crippen LogP contribution in [0.2, 0.25) is 0 Å². The number of hydrogen-bond donors (Lipinski definition) is 2. The summed E-state index contributed by atoms with van der Waals surface area (Å²) in [5.74, 6) is -0.720. The van der Waals surface area contributed by atoms with Crippen molar-refractivity contribution in [2.75, 3.05) is 18.5 Å². The molecule has 0 aliphatic carbocycles. The zero-order chi connectivity index (χ0) is 22.5. The number of hydrogen-bond acceptors (Lipinski definition) is 5. The number of anilines is 1. The number of rotatable bonds is 8. The van der Waals surface area contributed by atoms with Crippen LogP contribution in [0.5, 0.6) is 5.88 Å². The Morgan fingerprint density at radius 3 is 2.30 bits per heavy atom. The summed E-state index contributed by atoms with van der Waals surface area (Å²) in [4.78, 5) is 15.9. The van der Waals surface area contributed by atoms with Crippen LogP contribution >= 0.6 is 0 Å². The third-order valence-electron chi connectivity index (χ3n) is 3.92. The van der Waals surface area contributed by atoms with E-state index < -0.39 is 28.7 Å². The van der Waals surface area contributed by atoms with Crippen LogP contribution in [-0.4, -0.2) is 38.6 Å². The molecule has 2 rings (SSSR count). The van der Waals surface area contributed by atoms with Crippen LogP contribution in [0.25, 0.3) is 0 Å². The van der Waals surface area contributed by atoms with Crippen molar-refractivity contribution in [3.05, 3.63) is 47.2 Å². The first-order chi connectivity index (χ1) is 13.9. The molecule has 1 aromatic carbocycles. The van der Waals surface area contributed by atoms with Gasteiger partial charge in [0.05, 0.1) is 16.8 Å². The molecule has 0 aliphatic heterocycles.